The van der Waals surface area contributed by atoms with Crippen molar-refractivity contribution < 1.29 is 19.8 Å². The number of carboxylic acids is 1. The van der Waals surface area contributed by atoms with Gasteiger partial charge in [0.15, 0.2) is 0 Å². The number of fused-ring (bicyclic) bond motifs is 1. The lowest BCUT2D eigenvalue weighted by Gasteiger charge is -2.15. The molecule has 0 saturated heterocycles. The maximum Gasteiger partial charge on any atom is 0.326 e. The predicted molar refractivity (Wildman–Crippen MR) is 66.2 cm³/mol. The molecule has 1 N–H and O–H groups in total. The molecule has 1 aromatic carbocycles. The second-order valence-electron chi connectivity index (χ2n) is 3.98. The molecule has 0 aliphatic rings. The predicted octanol–water partition coefficient (Wildman–Crippen LogP) is 1.87. The van der Waals surface area contributed by atoms with Gasteiger partial charge in [-0.05, 0) is 17.5 Å². The Kier molecular flexibility index (Phi) is 3.65. The molecule has 100 valence electrons. The molecule has 1 unspecified atom stereocenters. The highest BCUT2D eigenvalue weighted by atomic mass is 16.9. The van der Waals surface area contributed by atoms with Gasteiger partial charge in [-0.15, -0.1) is 10.1 Å². The fourth-order valence-electron chi connectivity index (χ4n) is 2.00. The third-order valence-electron chi connectivity index (χ3n) is 2.84. The van der Waals surface area contributed by atoms with Crippen molar-refractivity contribution in [1.82, 2.24) is 4.57 Å². The number of hydrogen-bond acceptors (Lipinski definition) is 4. The van der Waals surface area contributed by atoms with Crippen LogP contribution in [0.25, 0.3) is 10.9 Å². The van der Waals surface area contributed by atoms with Gasteiger partial charge >= 0.3 is 5.97 Å². The molecule has 0 amide bonds. The van der Waals surface area contributed by atoms with Crippen LogP contribution < -0.4 is 0 Å². The summed E-state index contributed by atoms with van der Waals surface area (Å²) in [7, 11) is 0. The van der Waals surface area contributed by atoms with Crippen LogP contribution in [-0.4, -0.2) is 27.3 Å². The molecule has 0 spiro atoms. The van der Waals surface area contributed by atoms with E-state index < -0.39 is 17.1 Å². The Morgan fingerprint density at radius 2 is 2.16 bits per heavy atom. The molecule has 2 aromatic rings. The molecule has 7 nitrogen and oxygen atoms in total. The molecule has 0 saturated carbocycles. The number of nitrogens with zero attached hydrogens (tertiary/aromatic N) is 2. The fraction of sp³-hybridized carbons (Fsp3) is 0.250. The minimum atomic E-state index is -1.05. The summed E-state index contributed by atoms with van der Waals surface area (Å²) in [5.74, 6) is -1.05. The molecule has 0 aliphatic heterocycles. The van der Waals surface area contributed by atoms with Gasteiger partial charge in [-0.3, -0.25) is 0 Å². The van der Waals surface area contributed by atoms with Crippen LogP contribution >= 0.6 is 0 Å². The largest absolute Gasteiger partial charge is 0.480 e. The molecule has 7 heteroatoms. The van der Waals surface area contributed by atoms with Gasteiger partial charge in [0.1, 0.15) is 6.04 Å². The molecule has 0 fully saturated rings. The number of carboxylic acid groups (broad SMARTS) is 1. The number of aromatic nitrogens is 1. The SMILES string of the molecule is O=C(O)C(CCO[N+](=O)[O-])n1ccc2ccccc21. The molecule has 1 heterocycles. The number of rotatable bonds is 6. The highest BCUT2D eigenvalue weighted by Crippen LogP contribution is 2.22. The summed E-state index contributed by atoms with van der Waals surface area (Å²) in [6.45, 7) is -0.253. The van der Waals surface area contributed by atoms with Crippen LogP contribution in [0.5, 0.6) is 0 Å². The van der Waals surface area contributed by atoms with Gasteiger partial charge in [0.2, 0.25) is 0 Å². The van der Waals surface area contributed by atoms with E-state index in [1.54, 1.807) is 22.9 Å². The Morgan fingerprint density at radius 1 is 1.42 bits per heavy atom. The van der Waals surface area contributed by atoms with Gasteiger partial charge in [-0.25, -0.2) is 4.79 Å². The van der Waals surface area contributed by atoms with E-state index in [4.69, 9.17) is 0 Å². The molecule has 1 aromatic heterocycles. The summed E-state index contributed by atoms with van der Waals surface area (Å²) in [5, 5.41) is 19.3. The standard InChI is InChI=1S/C12H12N2O5/c15-12(16)11(6-8-19-14(17)18)13-7-5-9-3-1-2-4-10(9)13/h1-5,7,11H,6,8H2,(H,15,16). The van der Waals surface area contributed by atoms with E-state index in [1.807, 2.05) is 18.2 Å². The van der Waals surface area contributed by atoms with Crippen molar-refractivity contribution in [3.05, 3.63) is 46.6 Å². The maximum absolute atomic E-state index is 11.3. The van der Waals surface area contributed by atoms with Crippen LogP contribution in [-0.2, 0) is 9.63 Å². The van der Waals surface area contributed by atoms with Crippen molar-refractivity contribution >= 4 is 16.9 Å². The van der Waals surface area contributed by atoms with Crippen molar-refractivity contribution in [3.63, 3.8) is 0 Å². The second kappa shape index (κ2) is 5.38. The van der Waals surface area contributed by atoms with Gasteiger partial charge in [-0.1, -0.05) is 18.2 Å². The van der Waals surface area contributed by atoms with Gasteiger partial charge in [0.25, 0.3) is 5.09 Å². The molecular weight excluding hydrogens is 252 g/mol. The van der Waals surface area contributed by atoms with E-state index >= 15 is 0 Å². The number of hydrogen-bond donors (Lipinski definition) is 1. The zero-order valence-corrected chi connectivity index (χ0v) is 9.93. The van der Waals surface area contributed by atoms with Crippen LogP contribution in [0.1, 0.15) is 12.5 Å². The summed E-state index contributed by atoms with van der Waals surface area (Å²) in [4.78, 5) is 25.5. The summed E-state index contributed by atoms with van der Waals surface area (Å²) in [5.41, 5.74) is 0.774. The number of aliphatic carboxylic acids is 1. The topological polar surface area (TPSA) is 94.6 Å². The Bertz CT molecular complexity index is 607. The lowest BCUT2D eigenvalue weighted by molar-refractivity contribution is -0.757. The van der Waals surface area contributed by atoms with E-state index in [0.29, 0.717) is 0 Å². The second-order valence-corrected chi connectivity index (χ2v) is 3.98. The van der Waals surface area contributed by atoms with Crippen LogP contribution in [0.2, 0.25) is 0 Å². The van der Waals surface area contributed by atoms with E-state index in [0.717, 1.165) is 10.9 Å². The molecule has 19 heavy (non-hydrogen) atoms. The molecule has 0 radical (unpaired) electrons. The first-order valence-corrected chi connectivity index (χ1v) is 5.65. The zero-order chi connectivity index (χ0) is 13.8. The van der Waals surface area contributed by atoms with Crippen LogP contribution in [0.4, 0.5) is 0 Å². The molecule has 2 rings (SSSR count). The number of benzene rings is 1. The monoisotopic (exact) mass is 264 g/mol. The molecule has 0 bridgehead atoms. The summed E-state index contributed by atoms with van der Waals surface area (Å²) < 4.78 is 1.58. The van der Waals surface area contributed by atoms with Gasteiger partial charge in [0, 0.05) is 18.1 Å². The van der Waals surface area contributed by atoms with Crippen molar-refractivity contribution in [1.29, 1.82) is 0 Å². The number of para-hydroxylation sites is 1. The first-order valence-electron chi connectivity index (χ1n) is 5.65. The van der Waals surface area contributed by atoms with E-state index in [-0.39, 0.29) is 13.0 Å². The summed E-state index contributed by atoms with van der Waals surface area (Å²) in [6, 6.07) is 8.26. The van der Waals surface area contributed by atoms with Crippen molar-refractivity contribution in [2.75, 3.05) is 6.61 Å². The molecule has 0 aliphatic carbocycles. The van der Waals surface area contributed by atoms with Crippen molar-refractivity contribution in [3.8, 4) is 0 Å². The summed E-state index contributed by atoms with van der Waals surface area (Å²) >= 11 is 0. The number of carbonyl (C=O) groups is 1. The van der Waals surface area contributed by atoms with E-state index in [1.165, 1.54) is 0 Å². The Balaban J connectivity index is 2.23. The van der Waals surface area contributed by atoms with Crippen LogP contribution in [0, 0.1) is 10.1 Å². The smallest absolute Gasteiger partial charge is 0.326 e. The molecular formula is C12H12N2O5. The highest BCUT2D eigenvalue weighted by molar-refractivity contribution is 5.83. The first kappa shape index (κ1) is 12.9. The van der Waals surface area contributed by atoms with Crippen LogP contribution in [0.3, 0.4) is 0 Å². The fourth-order valence-corrected chi connectivity index (χ4v) is 2.00. The van der Waals surface area contributed by atoms with E-state index in [9.17, 15) is 20.0 Å². The Hall–Kier alpha value is -2.57. The molecule has 1 atom stereocenters. The van der Waals surface area contributed by atoms with E-state index in [2.05, 4.69) is 4.84 Å². The average molecular weight is 264 g/mol. The third-order valence-corrected chi connectivity index (χ3v) is 2.84. The Labute approximate surface area is 108 Å². The highest BCUT2D eigenvalue weighted by Gasteiger charge is 2.21. The maximum atomic E-state index is 11.3. The first-order chi connectivity index (χ1) is 9.09. The lowest BCUT2D eigenvalue weighted by atomic mass is 10.2. The minimum Gasteiger partial charge on any atom is -0.480 e. The lowest BCUT2D eigenvalue weighted by Crippen LogP contribution is -2.20. The average Bonchev–Trinajstić information content (AvgIpc) is 2.77. The van der Waals surface area contributed by atoms with Crippen molar-refractivity contribution in [2.24, 2.45) is 0 Å². The van der Waals surface area contributed by atoms with Crippen LogP contribution in [0.15, 0.2) is 36.5 Å². The van der Waals surface area contributed by atoms with Gasteiger partial charge < -0.3 is 14.5 Å². The zero-order valence-electron chi connectivity index (χ0n) is 9.93. The van der Waals surface area contributed by atoms with Gasteiger partial charge in [0.05, 0.1) is 6.61 Å². The van der Waals surface area contributed by atoms with Gasteiger partial charge in [-0.2, -0.15) is 0 Å². The minimum absolute atomic E-state index is 0.0228. The Morgan fingerprint density at radius 3 is 2.84 bits per heavy atom. The third kappa shape index (κ3) is 2.82. The van der Waals surface area contributed by atoms with Crippen molar-refractivity contribution in [2.45, 2.75) is 12.5 Å². The quantitative estimate of drug-likeness (QED) is 0.634. The normalized spacial score (nSPS) is 12.2. The summed E-state index contributed by atoms with van der Waals surface area (Å²) in [6.07, 6.45) is 1.69.